The minimum Gasteiger partial charge on any atom is -0.426 e. The van der Waals surface area contributed by atoms with Crippen molar-refractivity contribution in [3.8, 4) is 16.9 Å². The molecule has 0 aliphatic heterocycles. The fourth-order valence-electron chi connectivity index (χ4n) is 2.48. The van der Waals surface area contributed by atoms with Crippen LogP contribution in [-0.4, -0.2) is 5.97 Å². The van der Waals surface area contributed by atoms with E-state index in [0.29, 0.717) is 18.6 Å². The average molecular weight is 302 g/mol. The van der Waals surface area contributed by atoms with Gasteiger partial charge in [-0.1, -0.05) is 78.9 Å². The number of ether oxygens (including phenoxy) is 1. The normalized spacial score (nSPS) is 10.3. The van der Waals surface area contributed by atoms with Gasteiger partial charge in [0.05, 0.1) is 0 Å². The molecule has 0 heterocycles. The number of hydrogen-bond donors (Lipinski definition) is 0. The summed E-state index contributed by atoms with van der Waals surface area (Å²) in [6, 6.07) is 27.5. The summed E-state index contributed by atoms with van der Waals surface area (Å²) in [6.07, 6.45) is 1.06. The Morgan fingerprint density at radius 2 is 1.35 bits per heavy atom. The zero-order valence-corrected chi connectivity index (χ0v) is 12.8. The van der Waals surface area contributed by atoms with Gasteiger partial charge >= 0.3 is 5.97 Å². The van der Waals surface area contributed by atoms with Crippen molar-refractivity contribution >= 4 is 5.97 Å². The number of carbonyl (C=O) groups is 1. The number of rotatable bonds is 5. The first-order valence-corrected chi connectivity index (χ1v) is 7.72. The van der Waals surface area contributed by atoms with Crippen LogP contribution in [0.4, 0.5) is 0 Å². The Morgan fingerprint density at radius 3 is 2.09 bits per heavy atom. The molecule has 0 fully saturated rings. The molecule has 0 radical (unpaired) electrons. The van der Waals surface area contributed by atoms with Crippen LogP contribution in [-0.2, 0) is 11.2 Å². The summed E-state index contributed by atoms with van der Waals surface area (Å²) in [5.74, 6) is 0.397. The molecule has 0 aromatic heterocycles. The van der Waals surface area contributed by atoms with Crippen molar-refractivity contribution < 1.29 is 9.53 Å². The molecule has 0 saturated heterocycles. The van der Waals surface area contributed by atoms with Crippen LogP contribution in [0.5, 0.6) is 5.75 Å². The first-order valence-electron chi connectivity index (χ1n) is 7.72. The second kappa shape index (κ2) is 7.41. The summed E-state index contributed by atoms with van der Waals surface area (Å²) < 4.78 is 5.58. The van der Waals surface area contributed by atoms with Gasteiger partial charge in [-0.15, -0.1) is 0 Å². The second-order valence-electron chi connectivity index (χ2n) is 5.32. The Hall–Kier alpha value is -2.87. The van der Waals surface area contributed by atoms with Crippen LogP contribution in [0.25, 0.3) is 11.1 Å². The Balaban J connectivity index is 1.69. The lowest BCUT2D eigenvalue weighted by Crippen LogP contribution is -2.09. The molecule has 3 aromatic rings. The van der Waals surface area contributed by atoms with E-state index < -0.39 is 0 Å². The third-order valence-corrected chi connectivity index (χ3v) is 3.66. The van der Waals surface area contributed by atoms with Crippen LogP contribution in [0.15, 0.2) is 84.9 Å². The van der Waals surface area contributed by atoms with Crippen LogP contribution in [0.1, 0.15) is 12.0 Å². The fraction of sp³-hybridized carbons (Fsp3) is 0.0952. The van der Waals surface area contributed by atoms with Crippen molar-refractivity contribution in [3.05, 3.63) is 90.5 Å². The maximum Gasteiger partial charge on any atom is 0.311 e. The molecule has 2 heteroatoms. The lowest BCUT2D eigenvalue weighted by molar-refractivity contribution is -0.134. The van der Waals surface area contributed by atoms with Crippen LogP contribution >= 0.6 is 0 Å². The van der Waals surface area contributed by atoms with E-state index in [1.165, 1.54) is 0 Å². The molecule has 0 aliphatic carbocycles. The number of hydrogen-bond acceptors (Lipinski definition) is 2. The maximum absolute atomic E-state index is 12.1. The van der Waals surface area contributed by atoms with Gasteiger partial charge in [-0.25, -0.2) is 0 Å². The third-order valence-electron chi connectivity index (χ3n) is 3.66. The van der Waals surface area contributed by atoms with Gasteiger partial charge in [0.15, 0.2) is 0 Å². The fourth-order valence-corrected chi connectivity index (χ4v) is 2.48. The molecule has 2 nitrogen and oxygen atoms in total. The smallest absolute Gasteiger partial charge is 0.311 e. The van der Waals surface area contributed by atoms with Gasteiger partial charge in [0.2, 0.25) is 0 Å². The quantitative estimate of drug-likeness (QED) is 0.495. The molecule has 0 spiro atoms. The van der Waals surface area contributed by atoms with Gasteiger partial charge in [-0.3, -0.25) is 4.79 Å². The van der Waals surface area contributed by atoms with Crippen LogP contribution < -0.4 is 4.74 Å². The van der Waals surface area contributed by atoms with Crippen molar-refractivity contribution in [2.75, 3.05) is 0 Å². The lowest BCUT2D eigenvalue weighted by atomic mass is 10.0. The van der Waals surface area contributed by atoms with Gasteiger partial charge in [0, 0.05) is 12.0 Å². The summed E-state index contributed by atoms with van der Waals surface area (Å²) in [4.78, 5) is 12.1. The summed E-state index contributed by atoms with van der Waals surface area (Å²) in [6.45, 7) is 0. The molecular formula is C21H18O2. The van der Waals surface area contributed by atoms with Gasteiger partial charge in [-0.05, 0) is 23.6 Å². The van der Waals surface area contributed by atoms with Crippen LogP contribution in [0.2, 0.25) is 0 Å². The molecule has 3 rings (SSSR count). The number of benzene rings is 3. The monoisotopic (exact) mass is 302 g/mol. The van der Waals surface area contributed by atoms with E-state index in [-0.39, 0.29) is 5.97 Å². The number of esters is 1. The van der Waals surface area contributed by atoms with Crippen molar-refractivity contribution in [2.24, 2.45) is 0 Å². The summed E-state index contributed by atoms with van der Waals surface area (Å²) in [5, 5.41) is 0. The predicted octanol–water partition coefficient (Wildman–Crippen LogP) is 4.89. The van der Waals surface area contributed by atoms with Gasteiger partial charge < -0.3 is 4.74 Å². The minimum absolute atomic E-state index is 0.211. The predicted molar refractivity (Wildman–Crippen MR) is 92.3 cm³/mol. The first-order chi connectivity index (χ1) is 11.3. The molecule has 0 saturated carbocycles. The van der Waals surface area contributed by atoms with Gasteiger partial charge in [0.25, 0.3) is 0 Å². The van der Waals surface area contributed by atoms with E-state index >= 15 is 0 Å². The van der Waals surface area contributed by atoms with Crippen molar-refractivity contribution in [1.29, 1.82) is 0 Å². The Labute approximate surface area is 136 Å². The van der Waals surface area contributed by atoms with E-state index in [4.69, 9.17) is 4.74 Å². The molecule has 23 heavy (non-hydrogen) atoms. The minimum atomic E-state index is -0.211. The number of para-hydroxylation sites is 1. The Morgan fingerprint density at radius 1 is 0.739 bits per heavy atom. The molecule has 0 bridgehead atoms. The van der Waals surface area contributed by atoms with Crippen molar-refractivity contribution in [3.63, 3.8) is 0 Å². The molecule has 0 atom stereocenters. The maximum atomic E-state index is 12.1. The third kappa shape index (κ3) is 4.07. The number of carbonyl (C=O) groups excluding carboxylic acids is 1. The highest BCUT2D eigenvalue weighted by Gasteiger charge is 2.10. The zero-order chi connectivity index (χ0) is 15.9. The van der Waals surface area contributed by atoms with Crippen molar-refractivity contribution in [1.82, 2.24) is 0 Å². The highest BCUT2D eigenvalue weighted by atomic mass is 16.5. The second-order valence-corrected chi connectivity index (χ2v) is 5.32. The van der Waals surface area contributed by atoms with E-state index in [1.54, 1.807) is 0 Å². The topological polar surface area (TPSA) is 26.3 Å². The van der Waals surface area contributed by atoms with E-state index in [2.05, 4.69) is 0 Å². The molecule has 0 N–H and O–H groups in total. The molecular weight excluding hydrogens is 284 g/mol. The zero-order valence-electron chi connectivity index (χ0n) is 12.8. The van der Waals surface area contributed by atoms with Crippen LogP contribution in [0, 0.1) is 0 Å². The van der Waals surface area contributed by atoms with E-state index in [1.807, 2.05) is 84.9 Å². The van der Waals surface area contributed by atoms with Gasteiger partial charge in [0.1, 0.15) is 5.75 Å². The summed E-state index contributed by atoms with van der Waals surface area (Å²) in [5.41, 5.74) is 3.11. The first kappa shape index (κ1) is 15.0. The lowest BCUT2D eigenvalue weighted by Gasteiger charge is -2.10. The average Bonchev–Trinajstić information content (AvgIpc) is 2.62. The summed E-state index contributed by atoms with van der Waals surface area (Å²) in [7, 11) is 0. The van der Waals surface area contributed by atoms with Gasteiger partial charge in [-0.2, -0.15) is 0 Å². The highest BCUT2D eigenvalue weighted by Crippen LogP contribution is 2.29. The Kier molecular flexibility index (Phi) is 4.85. The summed E-state index contributed by atoms with van der Waals surface area (Å²) >= 11 is 0. The Bertz CT molecular complexity index is 764. The molecule has 0 amide bonds. The molecule has 3 aromatic carbocycles. The van der Waals surface area contributed by atoms with E-state index in [9.17, 15) is 4.79 Å². The molecule has 114 valence electrons. The largest absolute Gasteiger partial charge is 0.426 e. The van der Waals surface area contributed by atoms with Crippen molar-refractivity contribution in [2.45, 2.75) is 12.8 Å². The molecule has 0 unspecified atom stereocenters. The molecule has 0 aliphatic rings. The van der Waals surface area contributed by atoms with Crippen LogP contribution in [0.3, 0.4) is 0 Å². The standard InChI is InChI=1S/C21H18O2/c22-21(16-15-17-9-3-1-4-10-17)23-20-14-8-7-13-19(20)18-11-5-2-6-12-18/h1-14H,15-16H2. The number of aryl methyl sites for hydroxylation is 1. The highest BCUT2D eigenvalue weighted by molar-refractivity contribution is 5.78. The van der Waals surface area contributed by atoms with E-state index in [0.717, 1.165) is 16.7 Å². The SMILES string of the molecule is O=C(CCc1ccccc1)Oc1ccccc1-c1ccccc1.